The highest BCUT2D eigenvalue weighted by molar-refractivity contribution is 5.78. The first-order chi connectivity index (χ1) is 9.57. The van der Waals surface area contributed by atoms with Crippen LogP contribution in [0.1, 0.15) is 13.8 Å². The number of nitrogens with one attached hydrogen (secondary N) is 1. The molecule has 1 heterocycles. The van der Waals surface area contributed by atoms with Crippen LogP contribution in [0.4, 0.5) is 0 Å². The van der Waals surface area contributed by atoms with Crippen molar-refractivity contribution in [2.75, 3.05) is 6.54 Å². The van der Waals surface area contributed by atoms with Gasteiger partial charge >= 0.3 is 5.97 Å². The van der Waals surface area contributed by atoms with E-state index in [4.69, 9.17) is 0 Å². The number of carboxylic acids is 1. The van der Waals surface area contributed by atoms with Crippen molar-refractivity contribution in [2.24, 2.45) is 0 Å². The number of rotatable bonds is 6. The summed E-state index contributed by atoms with van der Waals surface area (Å²) in [6, 6.07) is 9.75. The van der Waals surface area contributed by atoms with E-state index in [0.29, 0.717) is 13.1 Å². The molecule has 0 spiro atoms. The number of aromatic nitrogens is 2. The van der Waals surface area contributed by atoms with Crippen molar-refractivity contribution in [3.63, 3.8) is 0 Å². The predicted octanol–water partition coefficient (Wildman–Crippen LogP) is 2.00. The Labute approximate surface area is 118 Å². The number of hydrogen-bond donors (Lipinski definition) is 2. The van der Waals surface area contributed by atoms with Gasteiger partial charge in [-0.1, -0.05) is 37.3 Å². The third kappa shape index (κ3) is 2.88. The summed E-state index contributed by atoms with van der Waals surface area (Å²) in [6.45, 7) is 4.50. The van der Waals surface area contributed by atoms with E-state index in [-0.39, 0.29) is 0 Å². The largest absolute Gasteiger partial charge is 0.480 e. The molecule has 1 aromatic heterocycles. The Morgan fingerprint density at radius 1 is 1.40 bits per heavy atom. The summed E-state index contributed by atoms with van der Waals surface area (Å²) in [5.41, 5.74) is -0.0411. The topological polar surface area (TPSA) is 67.2 Å². The molecular weight excluding hydrogens is 254 g/mol. The van der Waals surface area contributed by atoms with Crippen molar-refractivity contribution in [2.45, 2.75) is 25.9 Å². The predicted molar refractivity (Wildman–Crippen MR) is 77.4 cm³/mol. The quantitative estimate of drug-likeness (QED) is 0.844. The van der Waals surface area contributed by atoms with Gasteiger partial charge in [-0.05, 0) is 13.5 Å². The molecular formula is C15H19N3O2. The number of likely N-dealkylation sites (N-methyl/N-ethyl adjacent to an activating group) is 1. The molecule has 0 saturated heterocycles. The fourth-order valence-electron chi connectivity index (χ4n) is 2.21. The van der Waals surface area contributed by atoms with Crippen LogP contribution in [-0.4, -0.2) is 32.7 Å². The third-order valence-electron chi connectivity index (χ3n) is 3.27. The van der Waals surface area contributed by atoms with Crippen molar-refractivity contribution in [3.8, 4) is 11.4 Å². The summed E-state index contributed by atoms with van der Waals surface area (Å²) >= 11 is 0. The number of hydrogen-bond acceptors (Lipinski definition) is 3. The molecule has 0 saturated carbocycles. The second kappa shape index (κ2) is 5.88. The van der Waals surface area contributed by atoms with Gasteiger partial charge in [0.15, 0.2) is 0 Å². The minimum Gasteiger partial charge on any atom is -0.480 e. The van der Waals surface area contributed by atoms with E-state index in [0.717, 1.165) is 11.4 Å². The van der Waals surface area contributed by atoms with E-state index in [1.54, 1.807) is 19.3 Å². The van der Waals surface area contributed by atoms with Gasteiger partial charge < -0.3 is 15.0 Å². The highest BCUT2D eigenvalue weighted by atomic mass is 16.4. The van der Waals surface area contributed by atoms with Gasteiger partial charge in [-0.3, -0.25) is 4.79 Å². The van der Waals surface area contributed by atoms with Crippen LogP contribution in [0.3, 0.4) is 0 Å². The van der Waals surface area contributed by atoms with Gasteiger partial charge in [0.1, 0.15) is 11.4 Å². The van der Waals surface area contributed by atoms with Crippen molar-refractivity contribution < 1.29 is 9.90 Å². The minimum absolute atomic E-state index is 0.320. The van der Waals surface area contributed by atoms with Crippen molar-refractivity contribution in [1.29, 1.82) is 0 Å². The molecule has 0 aliphatic rings. The van der Waals surface area contributed by atoms with E-state index in [9.17, 15) is 9.90 Å². The van der Waals surface area contributed by atoms with Gasteiger partial charge in [-0.2, -0.15) is 0 Å². The summed E-state index contributed by atoms with van der Waals surface area (Å²) in [5, 5.41) is 12.5. The normalized spacial score (nSPS) is 13.9. The maximum atomic E-state index is 11.5. The Balaban J connectivity index is 2.31. The molecule has 5 heteroatoms. The van der Waals surface area contributed by atoms with E-state index in [1.807, 2.05) is 41.8 Å². The van der Waals surface area contributed by atoms with Gasteiger partial charge in [0.25, 0.3) is 0 Å². The lowest BCUT2D eigenvalue weighted by molar-refractivity contribution is -0.144. The first-order valence-corrected chi connectivity index (χ1v) is 6.62. The summed E-state index contributed by atoms with van der Waals surface area (Å²) < 4.78 is 1.87. The maximum Gasteiger partial charge on any atom is 0.325 e. The molecule has 106 valence electrons. The molecule has 2 N–H and O–H groups in total. The molecule has 1 aromatic carbocycles. The fraction of sp³-hybridized carbons (Fsp3) is 0.333. The molecule has 20 heavy (non-hydrogen) atoms. The number of carbonyl (C=O) groups is 1. The molecule has 2 rings (SSSR count). The lowest BCUT2D eigenvalue weighted by atomic mass is 10.0. The molecule has 0 fully saturated rings. The van der Waals surface area contributed by atoms with E-state index < -0.39 is 11.5 Å². The fourth-order valence-corrected chi connectivity index (χ4v) is 2.21. The van der Waals surface area contributed by atoms with Crippen molar-refractivity contribution in [3.05, 3.63) is 42.7 Å². The maximum absolute atomic E-state index is 11.5. The second-order valence-corrected chi connectivity index (χ2v) is 4.91. The van der Waals surface area contributed by atoms with Crippen LogP contribution < -0.4 is 5.32 Å². The van der Waals surface area contributed by atoms with Gasteiger partial charge in [0, 0.05) is 18.0 Å². The molecule has 0 radical (unpaired) electrons. The number of benzene rings is 1. The molecule has 0 aliphatic carbocycles. The number of imidazole rings is 1. The zero-order chi connectivity index (χ0) is 14.6. The van der Waals surface area contributed by atoms with E-state index in [2.05, 4.69) is 10.3 Å². The minimum atomic E-state index is -1.01. The van der Waals surface area contributed by atoms with Crippen LogP contribution in [-0.2, 0) is 11.3 Å². The first kappa shape index (κ1) is 14.3. The van der Waals surface area contributed by atoms with Crippen LogP contribution in [0.25, 0.3) is 11.4 Å². The van der Waals surface area contributed by atoms with Gasteiger partial charge in [0.05, 0.1) is 6.54 Å². The van der Waals surface area contributed by atoms with Gasteiger partial charge in [-0.25, -0.2) is 4.98 Å². The van der Waals surface area contributed by atoms with Crippen LogP contribution in [0.5, 0.6) is 0 Å². The second-order valence-electron chi connectivity index (χ2n) is 4.91. The van der Waals surface area contributed by atoms with Crippen molar-refractivity contribution >= 4 is 5.97 Å². The van der Waals surface area contributed by atoms with Crippen LogP contribution >= 0.6 is 0 Å². The van der Waals surface area contributed by atoms with Gasteiger partial charge in [0.2, 0.25) is 0 Å². The average Bonchev–Trinajstić information content (AvgIpc) is 2.87. The van der Waals surface area contributed by atoms with E-state index in [1.165, 1.54) is 0 Å². The Hall–Kier alpha value is -2.14. The molecule has 2 aromatic rings. The van der Waals surface area contributed by atoms with Crippen LogP contribution in [0, 0.1) is 0 Å². The first-order valence-electron chi connectivity index (χ1n) is 6.62. The summed E-state index contributed by atoms with van der Waals surface area (Å²) in [7, 11) is 0. The summed E-state index contributed by atoms with van der Waals surface area (Å²) in [5.74, 6) is -0.0944. The molecule has 0 amide bonds. The van der Waals surface area contributed by atoms with Crippen LogP contribution in [0.15, 0.2) is 42.7 Å². The summed E-state index contributed by atoms with van der Waals surface area (Å²) in [4.78, 5) is 15.8. The van der Waals surface area contributed by atoms with Crippen LogP contribution in [0.2, 0.25) is 0 Å². The molecule has 0 aliphatic heterocycles. The summed E-state index contributed by atoms with van der Waals surface area (Å²) in [6.07, 6.45) is 3.50. The average molecular weight is 273 g/mol. The lowest BCUT2D eigenvalue weighted by Gasteiger charge is -2.26. The Morgan fingerprint density at radius 2 is 2.10 bits per heavy atom. The number of carboxylic acid groups (broad SMARTS) is 1. The monoisotopic (exact) mass is 273 g/mol. The zero-order valence-electron chi connectivity index (χ0n) is 11.7. The third-order valence-corrected chi connectivity index (χ3v) is 3.27. The highest BCUT2D eigenvalue weighted by Crippen LogP contribution is 2.19. The lowest BCUT2D eigenvalue weighted by Crippen LogP contribution is -2.52. The highest BCUT2D eigenvalue weighted by Gasteiger charge is 2.33. The SMILES string of the molecule is CCNC(C)(Cn1ccnc1-c1ccccc1)C(=O)O. The number of aliphatic carboxylic acids is 1. The molecule has 5 nitrogen and oxygen atoms in total. The number of nitrogens with zero attached hydrogens (tertiary/aromatic N) is 2. The standard InChI is InChI=1S/C15H19N3O2/c1-3-17-15(2,14(19)20)11-18-10-9-16-13(18)12-7-5-4-6-8-12/h4-10,17H,3,11H2,1-2H3,(H,19,20). The van der Waals surface area contributed by atoms with E-state index >= 15 is 0 Å². The Morgan fingerprint density at radius 3 is 2.70 bits per heavy atom. The van der Waals surface area contributed by atoms with Crippen molar-refractivity contribution in [1.82, 2.24) is 14.9 Å². The zero-order valence-corrected chi connectivity index (χ0v) is 11.7. The smallest absolute Gasteiger partial charge is 0.325 e. The Bertz CT molecular complexity index is 580. The molecule has 0 bridgehead atoms. The molecule has 1 unspecified atom stereocenters. The Kier molecular flexibility index (Phi) is 4.20. The van der Waals surface area contributed by atoms with Gasteiger partial charge in [-0.15, -0.1) is 0 Å². The molecule has 1 atom stereocenters.